The zero-order valence-corrected chi connectivity index (χ0v) is 19.0. The van der Waals surface area contributed by atoms with Gasteiger partial charge in [-0.3, -0.25) is 19.3 Å². The Hall–Kier alpha value is -3.97. The minimum absolute atomic E-state index is 0.286. The summed E-state index contributed by atoms with van der Waals surface area (Å²) in [7, 11) is 1.59. The molecule has 0 aromatic heterocycles. The number of halogens is 1. The number of rotatable bonds is 5. The van der Waals surface area contributed by atoms with Crippen LogP contribution in [0.5, 0.6) is 5.75 Å². The summed E-state index contributed by atoms with van der Waals surface area (Å²) in [5, 5.41) is 6.65. The Kier molecular flexibility index (Phi) is 5.63. The molecule has 0 aliphatic carbocycles. The second kappa shape index (κ2) is 8.76. The van der Waals surface area contributed by atoms with E-state index in [2.05, 4.69) is 5.10 Å². The van der Waals surface area contributed by atoms with Crippen LogP contribution in [0.3, 0.4) is 0 Å². The predicted octanol–water partition coefficient (Wildman–Crippen LogP) is 4.26. The lowest BCUT2D eigenvalue weighted by molar-refractivity contribution is -0.132. The maximum atomic E-state index is 13.5. The second-order valence-corrected chi connectivity index (χ2v) is 8.46. The van der Waals surface area contributed by atoms with Crippen LogP contribution in [0.15, 0.2) is 77.9 Å². The number of para-hydroxylation sites is 1. The standard InChI is InChI=1S/C26H20ClN3O4/c1-34-19-12-8-17(9-13-19)23-14-21(16-6-10-18(27)11-7-16)28-30(23)24(31)15-29-22-5-3-2-4-20(22)25(32)26(29)33/h2-13,23H,14-15H2,1H3. The van der Waals surface area contributed by atoms with Gasteiger partial charge in [-0.05, 0) is 47.5 Å². The molecule has 0 bridgehead atoms. The Balaban J connectivity index is 1.47. The summed E-state index contributed by atoms with van der Waals surface area (Å²) in [4.78, 5) is 39.6. The van der Waals surface area contributed by atoms with Gasteiger partial charge < -0.3 is 4.74 Å². The van der Waals surface area contributed by atoms with Crippen molar-refractivity contribution in [1.29, 1.82) is 0 Å². The number of Topliss-reactive ketones (excluding diaryl/α,β-unsaturated/α-hetero) is 1. The van der Waals surface area contributed by atoms with Crippen molar-refractivity contribution in [1.82, 2.24) is 5.01 Å². The Labute approximate surface area is 201 Å². The van der Waals surface area contributed by atoms with Crippen molar-refractivity contribution in [3.63, 3.8) is 0 Å². The highest BCUT2D eigenvalue weighted by atomic mass is 35.5. The van der Waals surface area contributed by atoms with Crippen LogP contribution in [0.2, 0.25) is 5.02 Å². The first kappa shape index (κ1) is 21.9. The third-order valence-electron chi connectivity index (χ3n) is 6.02. The highest BCUT2D eigenvalue weighted by Crippen LogP contribution is 2.35. The van der Waals surface area contributed by atoms with Gasteiger partial charge in [-0.15, -0.1) is 0 Å². The number of benzene rings is 3. The van der Waals surface area contributed by atoms with Crippen LogP contribution >= 0.6 is 11.6 Å². The fourth-order valence-electron chi connectivity index (χ4n) is 4.26. The molecule has 3 aromatic rings. The molecule has 3 aromatic carbocycles. The molecule has 0 saturated carbocycles. The first-order valence-electron chi connectivity index (χ1n) is 10.7. The Morgan fingerprint density at radius 2 is 1.74 bits per heavy atom. The minimum atomic E-state index is -0.711. The molecule has 2 aliphatic rings. The maximum absolute atomic E-state index is 13.5. The summed E-state index contributed by atoms with van der Waals surface area (Å²) in [6.07, 6.45) is 0.489. The molecule has 2 aliphatic heterocycles. The monoisotopic (exact) mass is 473 g/mol. The average Bonchev–Trinajstić information content (AvgIpc) is 3.41. The summed E-state index contributed by atoms with van der Waals surface area (Å²) >= 11 is 6.03. The lowest BCUT2D eigenvalue weighted by Crippen LogP contribution is -2.40. The molecule has 170 valence electrons. The summed E-state index contributed by atoms with van der Waals surface area (Å²) in [6, 6.07) is 21.0. The van der Waals surface area contributed by atoms with Crippen LogP contribution in [0, 0.1) is 0 Å². The second-order valence-electron chi connectivity index (χ2n) is 8.02. The van der Waals surface area contributed by atoms with Crippen molar-refractivity contribution in [3.05, 3.63) is 94.5 Å². The molecule has 0 saturated heterocycles. The lowest BCUT2D eigenvalue weighted by Gasteiger charge is -2.25. The third-order valence-corrected chi connectivity index (χ3v) is 6.27. The number of nitrogens with zero attached hydrogens (tertiary/aromatic N) is 3. The van der Waals surface area contributed by atoms with Crippen molar-refractivity contribution in [3.8, 4) is 5.75 Å². The van der Waals surface area contributed by atoms with Gasteiger partial charge >= 0.3 is 0 Å². The van der Waals surface area contributed by atoms with E-state index in [-0.39, 0.29) is 18.5 Å². The number of hydrogen-bond acceptors (Lipinski definition) is 5. The molecule has 34 heavy (non-hydrogen) atoms. The van der Waals surface area contributed by atoms with Crippen molar-refractivity contribution < 1.29 is 19.1 Å². The van der Waals surface area contributed by atoms with E-state index in [0.717, 1.165) is 16.8 Å². The van der Waals surface area contributed by atoms with Crippen LogP contribution in [-0.2, 0) is 9.59 Å². The topological polar surface area (TPSA) is 79.3 Å². The van der Waals surface area contributed by atoms with Gasteiger partial charge in [0.15, 0.2) is 0 Å². The Morgan fingerprint density at radius 3 is 2.44 bits per heavy atom. The molecular weight excluding hydrogens is 454 g/mol. The van der Waals surface area contributed by atoms with E-state index < -0.39 is 11.7 Å². The van der Waals surface area contributed by atoms with Crippen molar-refractivity contribution in [2.24, 2.45) is 5.10 Å². The SMILES string of the molecule is COc1ccc(C2CC(c3ccc(Cl)cc3)=NN2C(=O)CN2C(=O)C(=O)c3ccccc32)cc1. The van der Waals surface area contributed by atoms with Crippen LogP contribution in [-0.4, -0.2) is 42.0 Å². The van der Waals surface area contributed by atoms with Crippen molar-refractivity contribution in [2.75, 3.05) is 18.6 Å². The number of methoxy groups -OCH3 is 1. The first-order valence-corrected chi connectivity index (χ1v) is 11.1. The van der Waals surface area contributed by atoms with Gasteiger partial charge in [0.25, 0.3) is 17.6 Å². The van der Waals surface area contributed by atoms with Gasteiger partial charge in [0.2, 0.25) is 0 Å². The summed E-state index contributed by atoms with van der Waals surface area (Å²) < 4.78 is 5.25. The molecule has 7 nitrogen and oxygen atoms in total. The number of hydrogen-bond donors (Lipinski definition) is 0. The fourth-order valence-corrected chi connectivity index (χ4v) is 4.38. The van der Waals surface area contributed by atoms with Gasteiger partial charge in [0.1, 0.15) is 12.3 Å². The molecule has 1 unspecified atom stereocenters. The average molecular weight is 474 g/mol. The van der Waals surface area contributed by atoms with E-state index in [4.69, 9.17) is 16.3 Å². The van der Waals surface area contributed by atoms with Crippen LogP contribution in [0.1, 0.15) is 33.9 Å². The van der Waals surface area contributed by atoms with E-state index in [1.54, 1.807) is 43.5 Å². The molecule has 0 fully saturated rings. The van der Waals surface area contributed by atoms with E-state index >= 15 is 0 Å². The number of amides is 2. The van der Waals surface area contributed by atoms with E-state index in [9.17, 15) is 14.4 Å². The smallest absolute Gasteiger partial charge is 0.299 e. The van der Waals surface area contributed by atoms with Gasteiger partial charge in [-0.1, -0.05) is 48.0 Å². The molecule has 0 spiro atoms. The number of carbonyl (C=O) groups is 3. The van der Waals surface area contributed by atoms with Crippen molar-refractivity contribution >= 4 is 40.6 Å². The predicted molar refractivity (Wildman–Crippen MR) is 128 cm³/mol. The van der Waals surface area contributed by atoms with Gasteiger partial charge in [-0.2, -0.15) is 5.10 Å². The number of ketones is 1. The van der Waals surface area contributed by atoms with Crippen LogP contribution < -0.4 is 9.64 Å². The molecule has 0 N–H and O–H groups in total. The summed E-state index contributed by atoms with van der Waals surface area (Å²) in [5.41, 5.74) is 3.21. The van der Waals surface area contributed by atoms with Gasteiger partial charge in [0, 0.05) is 11.4 Å². The zero-order chi connectivity index (χ0) is 23.8. The van der Waals surface area contributed by atoms with E-state index in [1.165, 1.54) is 9.91 Å². The van der Waals surface area contributed by atoms with Crippen molar-refractivity contribution in [2.45, 2.75) is 12.5 Å². The third kappa shape index (κ3) is 3.84. The number of carbonyl (C=O) groups excluding carboxylic acids is 3. The number of hydrazone groups is 1. The molecule has 8 heteroatoms. The summed E-state index contributed by atoms with van der Waals surface area (Å²) in [6.45, 7) is -0.286. The molecule has 0 radical (unpaired) electrons. The molecular formula is C26H20ClN3O4. The number of fused-ring (bicyclic) bond motifs is 1. The van der Waals surface area contributed by atoms with Gasteiger partial charge in [0.05, 0.1) is 30.1 Å². The van der Waals surface area contributed by atoms with E-state index in [0.29, 0.717) is 28.4 Å². The lowest BCUT2D eigenvalue weighted by atomic mass is 9.98. The largest absolute Gasteiger partial charge is 0.497 e. The molecule has 2 amide bonds. The maximum Gasteiger partial charge on any atom is 0.299 e. The normalized spacial score (nSPS) is 17.1. The highest BCUT2D eigenvalue weighted by Gasteiger charge is 2.39. The Morgan fingerprint density at radius 1 is 1.03 bits per heavy atom. The number of anilines is 1. The number of ether oxygens (including phenoxy) is 1. The fraction of sp³-hybridized carbons (Fsp3) is 0.154. The molecule has 1 atom stereocenters. The van der Waals surface area contributed by atoms with Crippen LogP contribution in [0.4, 0.5) is 5.69 Å². The molecule has 5 rings (SSSR count). The summed E-state index contributed by atoms with van der Waals surface area (Å²) in [5.74, 6) is -1.00. The highest BCUT2D eigenvalue weighted by molar-refractivity contribution is 6.52. The molecule has 2 heterocycles. The van der Waals surface area contributed by atoms with Gasteiger partial charge in [-0.25, -0.2) is 5.01 Å². The quantitative estimate of drug-likeness (QED) is 0.519. The van der Waals surface area contributed by atoms with Crippen LogP contribution in [0.25, 0.3) is 0 Å². The minimum Gasteiger partial charge on any atom is -0.497 e. The first-order chi connectivity index (χ1) is 16.5. The zero-order valence-electron chi connectivity index (χ0n) is 18.3. The van der Waals surface area contributed by atoms with E-state index in [1.807, 2.05) is 36.4 Å². The Bertz CT molecular complexity index is 1320.